The normalized spacial score (nSPS) is 15.0. The van der Waals surface area contributed by atoms with Gasteiger partial charge in [0.05, 0.1) is 19.6 Å². The highest BCUT2D eigenvalue weighted by Crippen LogP contribution is 2.17. The zero-order valence-corrected chi connectivity index (χ0v) is 24.0. The zero-order valence-electron chi connectivity index (χ0n) is 24.0. The molecule has 0 aromatic heterocycles. The Morgan fingerprint density at radius 3 is 2.15 bits per heavy atom. The van der Waals surface area contributed by atoms with Crippen LogP contribution in [0.3, 0.4) is 0 Å². The number of carbonyl (C=O) groups excluding carboxylic acids is 6. The van der Waals surface area contributed by atoms with Gasteiger partial charge in [0.15, 0.2) is 0 Å². The van der Waals surface area contributed by atoms with Gasteiger partial charge in [-0.1, -0.05) is 6.58 Å². The Morgan fingerprint density at radius 1 is 0.902 bits per heavy atom. The van der Waals surface area contributed by atoms with E-state index in [1.54, 1.807) is 11.8 Å². The predicted molar refractivity (Wildman–Crippen MR) is 148 cm³/mol. The second-order valence-electron chi connectivity index (χ2n) is 10.0. The number of carboxylic acids is 1. The molecular weight excluding hydrogens is 538 g/mol. The van der Waals surface area contributed by atoms with Crippen molar-refractivity contribution in [3.63, 3.8) is 0 Å². The van der Waals surface area contributed by atoms with E-state index < -0.39 is 54.1 Å². The number of primary amides is 1. The van der Waals surface area contributed by atoms with Crippen molar-refractivity contribution in [3.05, 3.63) is 12.3 Å². The van der Waals surface area contributed by atoms with Gasteiger partial charge in [0, 0.05) is 31.1 Å². The summed E-state index contributed by atoms with van der Waals surface area (Å²) in [5, 5.41) is 18.8. The lowest BCUT2D eigenvalue weighted by atomic mass is 10.1. The van der Waals surface area contributed by atoms with Gasteiger partial charge in [-0.3, -0.25) is 33.6 Å². The predicted octanol–water partition coefficient (Wildman–Crippen LogP) is -1.81. The quantitative estimate of drug-likeness (QED) is 0.100. The molecule has 0 saturated carbocycles. The molecule has 1 heterocycles. The molecule has 7 N–H and O–H groups in total. The summed E-state index contributed by atoms with van der Waals surface area (Å²) in [6.07, 6.45) is 2.30. The maximum absolute atomic E-state index is 12.9. The number of nitrogens with zero attached hydrogens (tertiary/aromatic N) is 2. The standard InChI is InChI=1S/C26H43N7O8/c1-16(2)33(17(3)12-28-22(36)13-29-21(35)10-6-5-9-20(27)34)18(4)25(40)30-14-23(37)32-11-7-8-19(32)26(41)31-15-24(38)39/h16,18-19H,3,5-15H2,1-2,4H3,(H2,27,34)(H,28,36)(H,29,35)(H,30,40)(H,31,41)(H,38,39). The van der Waals surface area contributed by atoms with E-state index in [2.05, 4.69) is 27.8 Å². The maximum atomic E-state index is 12.9. The van der Waals surface area contributed by atoms with Crippen LogP contribution in [-0.2, 0) is 33.6 Å². The molecule has 1 fully saturated rings. The number of likely N-dealkylation sites (tertiary alicyclic amines) is 1. The van der Waals surface area contributed by atoms with E-state index in [1.165, 1.54) is 4.90 Å². The molecule has 0 aromatic rings. The number of hydrogen-bond donors (Lipinski definition) is 6. The Balaban J connectivity index is 2.54. The number of rotatable bonds is 18. The first-order valence-electron chi connectivity index (χ1n) is 13.6. The zero-order chi connectivity index (χ0) is 31.1. The molecule has 41 heavy (non-hydrogen) atoms. The minimum Gasteiger partial charge on any atom is -0.480 e. The number of nitrogens with two attached hydrogens (primary N) is 1. The number of hydrogen-bond acceptors (Lipinski definition) is 8. The van der Waals surface area contributed by atoms with E-state index in [1.807, 2.05) is 13.8 Å². The van der Waals surface area contributed by atoms with E-state index in [4.69, 9.17) is 10.8 Å². The van der Waals surface area contributed by atoms with Crippen LogP contribution in [0.15, 0.2) is 12.3 Å². The fourth-order valence-electron chi connectivity index (χ4n) is 4.45. The summed E-state index contributed by atoms with van der Waals surface area (Å²) in [5.74, 6) is -3.88. The average Bonchev–Trinajstić information content (AvgIpc) is 3.40. The molecule has 1 saturated heterocycles. The first kappa shape index (κ1) is 34.9. The third-order valence-corrected chi connectivity index (χ3v) is 6.43. The van der Waals surface area contributed by atoms with Crippen molar-refractivity contribution in [1.29, 1.82) is 0 Å². The van der Waals surface area contributed by atoms with Crippen LogP contribution in [0.25, 0.3) is 0 Å². The monoisotopic (exact) mass is 581 g/mol. The molecule has 0 radical (unpaired) electrons. The number of aliphatic carboxylic acids is 1. The highest BCUT2D eigenvalue weighted by atomic mass is 16.4. The molecule has 230 valence electrons. The molecule has 15 heteroatoms. The van der Waals surface area contributed by atoms with E-state index >= 15 is 0 Å². The molecule has 1 aliphatic rings. The smallest absolute Gasteiger partial charge is 0.322 e. The summed E-state index contributed by atoms with van der Waals surface area (Å²) in [4.78, 5) is 86.4. The lowest BCUT2D eigenvalue weighted by molar-refractivity contribution is -0.141. The van der Waals surface area contributed by atoms with Gasteiger partial charge in [0.1, 0.15) is 18.6 Å². The van der Waals surface area contributed by atoms with E-state index in [9.17, 15) is 33.6 Å². The molecule has 6 amide bonds. The van der Waals surface area contributed by atoms with E-state index in [-0.39, 0.29) is 44.4 Å². The van der Waals surface area contributed by atoms with Crippen molar-refractivity contribution in [2.24, 2.45) is 5.73 Å². The number of unbranched alkanes of at least 4 members (excludes halogenated alkanes) is 1. The van der Waals surface area contributed by atoms with Crippen LogP contribution in [0, 0.1) is 0 Å². The van der Waals surface area contributed by atoms with Gasteiger partial charge in [-0.15, -0.1) is 0 Å². The van der Waals surface area contributed by atoms with Crippen molar-refractivity contribution in [3.8, 4) is 0 Å². The SMILES string of the molecule is C=C(CNC(=O)CNC(=O)CCCCC(N)=O)N(C(C)C)C(C)C(=O)NCC(=O)N1CCCC1C(=O)NCC(=O)O. The summed E-state index contributed by atoms with van der Waals surface area (Å²) in [7, 11) is 0. The summed E-state index contributed by atoms with van der Waals surface area (Å²) < 4.78 is 0. The first-order chi connectivity index (χ1) is 19.2. The number of amides is 6. The van der Waals surface area contributed by atoms with Gasteiger partial charge in [-0.2, -0.15) is 0 Å². The molecule has 2 unspecified atom stereocenters. The molecule has 0 aliphatic carbocycles. The van der Waals surface area contributed by atoms with Crippen LogP contribution < -0.4 is 27.0 Å². The Hall–Kier alpha value is -4.17. The third-order valence-electron chi connectivity index (χ3n) is 6.43. The van der Waals surface area contributed by atoms with Crippen molar-refractivity contribution in [2.75, 3.05) is 32.7 Å². The Labute approximate surface area is 239 Å². The summed E-state index contributed by atoms with van der Waals surface area (Å²) in [6, 6.07) is -1.73. The molecule has 0 aromatic carbocycles. The topological polar surface area (TPSA) is 220 Å². The van der Waals surface area contributed by atoms with Gasteiger partial charge >= 0.3 is 5.97 Å². The van der Waals surface area contributed by atoms with Crippen molar-refractivity contribution in [2.45, 2.75) is 77.4 Å². The summed E-state index contributed by atoms with van der Waals surface area (Å²) in [6.45, 7) is 8.48. The largest absolute Gasteiger partial charge is 0.480 e. The van der Waals surface area contributed by atoms with E-state index in [0.29, 0.717) is 37.9 Å². The van der Waals surface area contributed by atoms with Crippen molar-refractivity contribution >= 4 is 41.4 Å². The van der Waals surface area contributed by atoms with Crippen LogP contribution in [0.5, 0.6) is 0 Å². The van der Waals surface area contributed by atoms with E-state index in [0.717, 1.165) is 0 Å². The van der Waals surface area contributed by atoms with Gasteiger partial charge in [-0.05, 0) is 46.5 Å². The van der Waals surface area contributed by atoms with Crippen LogP contribution in [-0.4, -0.2) is 107 Å². The van der Waals surface area contributed by atoms with Gasteiger partial charge < -0.3 is 41.9 Å². The third kappa shape index (κ3) is 12.7. The minimum absolute atomic E-state index is 0.0168. The molecule has 1 rings (SSSR count). The fourth-order valence-corrected chi connectivity index (χ4v) is 4.45. The number of carbonyl (C=O) groups is 7. The second-order valence-corrected chi connectivity index (χ2v) is 10.0. The molecule has 1 aliphatic heterocycles. The first-order valence-corrected chi connectivity index (χ1v) is 13.6. The van der Waals surface area contributed by atoms with Gasteiger partial charge in [-0.25, -0.2) is 0 Å². The van der Waals surface area contributed by atoms with Crippen molar-refractivity contribution in [1.82, 2.24) is 31.1 Å². The molecule has 15 nitrogen and oxygen atoms in total. The molecule has 2 atom stereocenters. The highest BCUT2D eigenvalue weighted by Gasteiger charge is 2.34. The van der Waals surface area contributed by atoms with Crippen LogP contribution in [0.2, 0.25) is 0 Å². The Bertz CT molecular complexity index is 1000. The molecule has 0 bridgehead atoms. The van der Waals surface area contributed by atoms with Crippen LogP contribution >= 0.6 is 0 Å². The molecule has 0 spiro atoms. The Kier molecular flexibility index (Phi) is 14.9. The van der Waals surface area contributed by atoms with Gasteiger partial charge in [0.2, 0.25) is 35.4 Å². The average molecular weight is 582 g/mol. The second kappa shape index (κ2) is 17.5. The van der Waals surface area contributed by atoms with Crippen LogP contribution in [0.1, 0.15) is 59.3 Å². The Morgan fingerprint density at radius 2 is 1.54 bits per heavy atom. The number of nitrogens with one attached hydrogen (secondary N) is 4. The highest BCUT2D eigenvalue weighted by molar-refractivity contribution is 5.92. The lowest BCUT2D eigenvalue weighted by Gasteiger charge is -2.35. The molecular formula is C26H43N7O8. The summed E-state index contributed by atoms with van der Waals surface area (Å²) in [5.41, 5.74) is 5.49. The fraction of sp³-hybridized carbons (Fsp3) is 0.654. The minimum atomic E-state index is -1.19. The lowest BCUT2D eigenvalue weighted by Crippen LogP contribution is -2.53. The van der Waals surface area contributed by atoms with Crippen molar-refractivity contribution < 1.29 is 38.7 Å². The maximum Gasteiger partial charge on any atom is 0.322 e. The van der Waals surface area contributed by atoms with Crippen LogP contribution in [0.4, 0.5) is 0 Å². The van der Waals surface area contributed by atoms with Gasteiger partial charge in [0.25, 0.3) is 0 Å². The number of carboxylic acid groups (broad SMARTS) is 1. The summed E-state index contributed by atoms with van der Waals surface area (Å²) >= 11 is 0.